The van der Waals surface area contributed by atoms with Crippen LogP contribution in [0.3, 0.4) is 0 Å². The number of hydrogen-bond donors (Lipinski definition) is 1. The first kappa shape index (κ1) is 16.7. The van der Waals surface area contributed by atoms with Crippen molar-refractivity contribution in [2.45, 2.75) is 59.2 Å². The minimum atomic E-state index is 0.159. The van der Waals surface area contributed by atoms with Crippen molar-refractivity contribution in [3.8, 4) is 0 Å². The zero-order chi connectivity index (χ0) is 15.5. The zero-order valence-electron chi connectivity index (χ0n) is 14.1. The van der Waals surface area contributed by atoms with E-state index < -0.39 is 0 Å². The highest BCUT2D eigenvalue weighted by atomic mass is 32.1. The van der Waals surface area contributed by atoms with Crippen molar-refractivity contribution in [2.24, 2.45) is 0 Å². The second-order valence-corrected chi connectivity index (χ2v) is 8.09. The molecule has 1 aromatic rings. The highest BCUT2D eigenvalue weighted by molar-refractivity contribution is 7.15. The monoisotopic (exact) mass is 310 g/mol. The number of nitrogens with zero attached hydrogens (tertiary/aromatic N) is 3. The highest BCUT2D eigenvalue weighted by Crippen LogP contribution is 2.24. The normalized spacial score (nSPS) is 19.0. The van der Waals surface area contributed by atoms with Crippen molar-refractivity contribution in [3.05, 3.63) is 11.1 Å². The van der Waals surface area contributed by atoms with Crippen LogP contribution in [-0.4, -0.2) is 47.6 Å². The summed E-state index contributed by atoms with van der Waals surface area (Å²) in [5.41, 5.74) is 0.159. The van der Waals surface area contributed by atoms with Crippen molar-refractivity contribution >= 4 is 16.5 Å². The molecule has 5 heteroatoms. The number of thiazole rings is 1. The molecular weight excluding hydrogens is 280 g/mol. The Hall–Kier alpha value is -0.650. The van der Waals surface area contributed by atoms with Gasteiger partial charge in [-0.05, 0) is 34.1 Å². The van der Waals surface area contributed by atoms with E-state index in [-0.39, 0.29) is 5.54 Å². The van der Waals surface area contributed by atoms with Gasteiger partial charge >= 0.3 is 0 Å². The Labute approximate surface area is 133 Å². The van der Waals surface area contributed by atoms with Gasteiger partial charge in [-0.15, -0.1) is 11.3 Å². The number of anilines is 1. The third kappa shape index (κ3) is 4.94. The summed E-state index contributed by atoms with van der Waals surface area (Å²) < 4.78 is 0. The smallest absolute Gasteiger partial charge is 0.185 e. The largest absolute Gasteiger partial charge is 0.346 e. The summed E-state index contributed by atoms with van der Waals surface area (Å²) in [6, 6.07) is 0.704. The van der Waals surface area contributed by atoms with Crippen LogP contribution in [0.2, 0.25) is 0 Å². The molecule has 1 aliphatic rings. The van der Waals surface area contributed by atoms with Gasteiger partial charge in [-0.2, -0.15) is 0 Å². The molecule has 0 radical (unpaired) electrons. The van der Waals surface area contributed by atoms with E-state index in [9.17, 15) is 0 Å². The van der Waals surface area contributed by atoms with Gasteiger partial charge in [0.15, 0.2) is 5.13 Å². The molecule has 1 unspecified atom stereocenters. The standard InChI is InChI=1S/C16H30N4S/c1-6-13(2)19-7-9-20(10-8-19)15-17-11-14(21-15)12-18-16(3,4)5/h11,13,18H,6-10,12H2,1-5H3. The summed E-state index contributed by atoms with van der Waals surface area (Å²) in [7, 11) is 0. The van der Waals surface area contributed by atoms with E-state index in [2.05, 4.69) is 54.7 Å². The summed E-state index contributed by atoms with van der Waals surface area (Å²) >= 11 is 1.83. The summed E-state index contributed by atoms with van der Waals surface area (Å²) in [5, 5.41) is 4.71. The number of piperazine rings is 1. The molecule has 2 heterocycles. The highest BCUT2D eigenvalue weighted by Gasteiger charge is 2.22. The van der Waals surface area contributed by atoms with Gasteiger partial charge in [-0.25, -0.2) is 4.98 Å². The van der Waals surface area contributed by atoms with Gasteiger partial charge in [0, 0.05) is 55.4 Å². The van der Waals surface area contributed by atoms with E-state index in [0.717, 1.165) is 32.7 Å². The molecule has 0 spiro atoms. The fraction of sp³-hybridized carbons (Fsp3) is 0.812. The second kappa shape index (κ2) is 7.07. The lowest BCUT2D eigenvalue weighted by atomic mass is 10.1. The molecule has 120 valence electrons. The van der Waals surface area contributed by atoms with E-state index in [1.54, 1.807) is 0 Å². The molecule has 1 fully saturated rings. The predicted molar refractivity (Wildman–Crippen MR) is 92.2 cm³/mol. The minimum absolute atomic E-state index is 0.159. The molecule has 0 amide bonds. The van der Waals surface area contributed by atoms with Crippen LogP contribution in [-0.2, 0) is 6.54 Å². The molecule has 1 atom stereocenters. The van der Waals surface area contributed by atoms with E-state index in [4.69, 9.17) is 0 Å². The van der Waals surface area contributed by atoms with Crippen molar-refractivity contribution < 1.29 is 0 Å². The Kier molecular flexibility index (Phi) is 5.63. The first-order valence-electron chi connectivity index (χ1n) is 8.08. The van der Waals surface area contributed by atoms with Gasteiger partial charge in [0.1, 0.15) is 0 Å². The molecule has 1 aliphatic heterocycles. The van der Waals surface area contributed by atoms with Crippen molar-refractivity contribution in [1.29, 1.82) is 0 Å². The third-order valence-electron chi connectivity index (χ3n) is 4.13. The van der Waals surface area contributed by atoms with Gasteiger partial charge in [-0.1, -0.05) is 6.92 Å². The fourth-order valence-electron chi connectivity index (χ4n) is 2.49. The van der Waals surface area contributed by atoms with Crippen LogP contribution >= 0.6 is 11.3 Å². The molecule has 1 saturated heterocycles. The third-order valence-corrected chi connectivity index (χ3v) is 5.19. The van der Waals surface area contributed by atoms with Crippen molar-refractivity contribution in [1.82, 2.24) is 15.2 Å². The van der Waals surface area contributed by atoms with Crippen LogP contribution in [0.4, 0.5) is 5.13 Å². The minimum Gasteiger partial charge on any atom is -0.346 e. The van der Waals surface area contributed by atoms with E-state index in [1.807, 2.05) is 17.5 Å². The molecule has 1 aromatic heterocycles. The van der Waals surface area contributed by atoms with Gasteiger partial charge < -0.3 is 10.2 Å². The Morgan fingerprint density at radius 2 is 1.95 bits per heavy atom. The average Bonchev–Trinajstić information content (AvgIpc) is 2.93. The Balaban J connectivity index is 1.85. The number of hydrogen-bond acceptors (Lipinski definition) is 5. The first-order valence-corrected chi connectivity index (χ1v) is 8.89. The topological polar surface area (TPSA) is 31.4 Å². The second-order valence-electron chi connectivity index (χ2n) is 6.99. The van der Waals surface area contributed by atoms with Gasteiger partial charge in [0.2, 0.25) is 0 Å². The van der Waals surface area contributed by atoms with E-state index in [0.29, 0.717) is 6.04 Å². The number of nitrogens with one attached hydrogen (secondary N) is 1. The Morgan fingerprint density at radius 1 is 1.29 bits per heavy atom. The zero-order valence-corrected chi connectivity index (χ0v) is 15.0. The van der Waals surface area contributed by atoms with Crippen LogP contribution in [0, 0.1) is 0 Å². The lowest BCUT2D eigenvalue weighted by molar-refractivity contribution is 0.193. The lowest BCUT2D eigenvalue weighted by Crippen LogP contribution is -2.49. The van der Waals surface area contributed by atoms with Crippen LogP contribution in [0.1, 0.15) is 45.9 Å². The number of aromatic nitrogens is 1. The van der Waals surface area contributed by atoms with Gasteiger partial charge in [0.25, 0.3) is 0 Å². The maximum absolute atomic E-state index is 4.62. The molecule has 2 rings (SSSR count). The van der Waals surface area contributed by atoms with Gasteiger partial charge in [-0.3, -0.25) is 4.90 Å². The molecule has 4 nitrogen and oxygen atoms in total. The van der Waals surface area contributed by atoms with Crippen LogP contribution < -0.4 is 10.2 Å². The number of rotatable bonds is 5. The first-order chi connectivity index (χ1) is 9.89. The summed E-state index contributed by atoms with van der Waals surface area (Å²) in [6.45, 7) is 16.6. The van der Waals surface area contributed by atoms with Crippen LogP contribution in [0.25, 0.3) is 0 Å². The molecule has 0 aliphatic carbocycles. The quantitative estimate of drug-likeness (QED) is 0.906. The summed E-state index contributed by atoms with van der Waals surface area (Å²) in [6.07, 6.45) is 3.26. The molecule has 1 N–H and O–H groups in total. The van der Waals surface area contributed by atoms with Gasteiger partial charge in [0.05, 0.1) is 0 Å². The fourth-order valence-corrected chi connectivity index (χ4v) is 3.39. The van der Waals surface area contributed by atoms with Crippen LogP contribution in [0.15, 0.2) is 6.20 Å². The average molecular weight is 311 g/mol. The van der Waals surface area contributed by atoms with Crippen LogP contribution in [0.5, 0.6) is 0 Å². The van der Waals surface area contributed by atoms with E-state index in [1.165, 1.54) is 16.4 Å². The molecule has 0 bridgehead atoms. The summed E-state index contributed by atoms with van der Waals surface area (Å²) in [4.78, 5) is 11.0. The molecule has 21 heavy (non-hydrogen) atoms. The van der Waals surface area contributed by atoms with Crippen molar-refractivity contribution in [3.63, 3.8) is 0 Å². The Morgan fingerprint density at radius 3 is 2.52 bits per heavy atom. The predicted octanol–water partition coefficient (Wildman–Crippen LogP) is 2.95. The lowest BCUT2D eigenvalue weighted by Gasteiger charge is -2.37. The summed E-state index contributed by atoms with van der Waals surface area (Å²) in [5.74, 6) is 0. The molecule has 0 saturated carbocycles. The van der Waals surface area contributed by atoms with Crippen molar-refractivity contribution in [2.75, 3.05) is 31.1 Å². The van der Waals surface area contributed by atoms with E-state index >= 15 is 0 Å². The molecule has 0 aromatic carbocycles. The maximum Gasteiger partial charge on any atom is 0.185 e. The Bertz CT molecular complexity index is 430. The maximum atomic E-state index is 4.62. The molecular formula is C16H30N4S. The SMILES string of the molecule is CCC(C)N1CCN(c2ncc(CNC(C)(C)C)s2)CC1.